The predicted molar refractivity (Wildman–Crippen MR) is 57.0 cm³/mol. The molecule has 1 aromatic carbocycles. The van der Waals surface area contributed by atoms with E-state index in [9.17, 15) is 14.0 Å². The Balaban J connectivity index is 3.02. The SMILES string of the molecule is CCOC(=O)C(=O)c1cc(CF)ccc1C. The van der Waals surface area contributed by atoms with Crippen LogP contribution in [0.4, 0.5) is 4.39 Å². The molecule has 0 aliphatic heterocycles. The molecule has 4 heteroatoms. The standard InChI is InChI=1S/C12H13FO3/c1-3-16-12(15)11(14)10-6-9(7-13)5-4-8(10)2/h4-6H,3,7H2,1-2H3. The molecule has 0 unspecified atom stereocenters. The Labute approximate surface area is 93.2 Å². The van der Waals surface area contributed by atoms with Gasteiger partial charge in [0, 0.05) is 5.56 Å². The zero-order valence-corrected chi connectivity index (χ0v) is 9.25. The Kier molecular flexibility index (Phi) is 4.17. The van der Waals surface area contributed by atoms with Crippen LogP contribution in [0.25, 0.3) is 0 Å². The van der Waals surface area contributed by atoms with Crippen molar-refractivity contribution in [2.45, 2.75) is 20.5 Å². The Hall–Kier alpha value is -1.71. The zero-order valence-electron chi connectivity index (χ0n) is 9.25. The third-order valence-corrected chi connectivity index (χ3v) is 2.16. The number of hydrogen-bond donors (Lipinski definition) is 0. The van der Waals surface area contributed by atoms with E-state index in [4.69, 9.17) is 0 Å². The molecule has 0 N–H and O–H groups in total. The molecule has 0 fully saturated rings. The van der Waals surface area contributed by atoms with Gasteiger partial charge in [0.2, 0.25) is 0 Å². The van der Waals surface area contributed by atoms with E-state index in [1.807, 2.05) is 0 Å². The van der Waals surface area contributed by atoms with E-state index >= 15 is 0 Å². The molecule has 0 amide bonds. The largest absolute Gasteiger partial charge is 0.460 e. The first-order valence-corrected chi connectivity index (χ1v) is 4.97. The van der Waals surface area contributed by atoms with Gasteiger partial charge in [-0.2, -0.15) is 0 Å². The molecule has 16 heavy (non-hydrogen) atoms. The lowest BCUT2D eigenvalue weighted by Crippen LogP contribution is -2.18. The highest BCUT2D eigenvalue weighted by Gasteiger charge is 2.19. The van der Waals surface area contributed by atoms with Crippen molar-refractivity contribution in [3.8, 4) is 0 Å². The quantitative estimate of drug-likeness (QED) is 0.447. The molecule has 86 valence electrons. The highest BCUT2D eigenvalue weighted by atomic mass is 19.1. The summed E-state index contributed by atoms with van der Waals surface area (Å²) in [5, 5.41) is 0. The minimum absolute atomic E-state index is 0.145. The number of halogens is 1. The first-order valence-electron chi connectivity index (χ1n) is 4.97. The van der Waals surface area contributed by atoms with Crippen LogP contribution >= 0.6 is 0 Å². The second-order valence-electron chi connectivity index (χ2n) is 3.33. The molecular formula is C12H13FO3. The number of rotatable bonds is 4. The fraction of sp³-hybridized carbons (Fsp3) is 0.333. The van der Waals surface area contributed by atoms with Crippen molar-refractivity contribution >= 4 is 11.8 Å². The van der Waals surface area contributed by atoms with Crippen molar-refractivity contribution in [2.24, 2.45) is 0 Å². The molecule has 1 aromatic rings. The number of aryl methyl sites for hydroxylation is 1. The van der Waals surface area contributed by atoms with Crippen LogP contribution in [0.5, 0.6) is 0 Å². The summed E-state index contributed by atoms with van der Waals surface area (Å²) in [6.45, 7) is 2.79. The number of Topliss-reactive ketones (excluding diaryl/α,β-unsaturated/α-hetero) is 1. The number of hydrogen-bond acceptors (Lipinski definition) is 3. The molecule has 0 bridgehead atoms. The molecule has 0 spiro atoms. The van der Waals surface area contributed by atoms with Crippen molar-refractivity contribution in [1.29, 1.82) is 0 Å². The summed E-state index contributed by atoms with van der Waals surface area (Å²) in [7, 11) is 0. The van der Waals surface area contributed by atoms with Gasteiger partial charge in [-0.25, -0.2) is 9.18 Å². The maximum Gasteiger partial charge on any atom is 0.379 e. The highest BCUT2D eigenvalue weighted by Crippen LogP contribution is 2.13. The minimum atomic E-state index is -0.901. The maximum atomic E-state index is 12.4. The summed E-state index contributed by atoms with van der Waals surface area (Å²) >= 11 is 0. The van der Waals surface area contributed by atoms with Gasteiger partial charge < -0.3 is 4.74 Å². The van der Waals surface area contributed by atoms with Gasteiger partial charge in [-0.1, -0.05) is 12.1 Å². The van der Waals surface area contributed by atoms with E-state index in [-0.39, 0.29) is 12.2 Å². The van der Waals surface area contributed by atoms with E-state index in [0.29, 0.717) is 11.1 Å². The lowest BCUT2D eigenvalue weighted by molar-refractivity contribution is -0.137. The van der Waals surface area contributed by atoms with Crippen molar-refractivity contribution < 1.29 is 18.7 Å². The maximum absolute atomic E-state index is 12.4. The van der Waals surface area contributed by atoms with Crippen LogP contribution in [0, 0.1) is 6.92 Å². The third-order valence-electron chi connectivity index (χ3n) is 2.16. The van der Waals surface area contributed by atoms with Crippen molar-refractivity contribution in [1.82, 2.24) is 0 Å². The molecule has 0 heterocycles. The molecule has 0 aliphatic rings. The van der Waals surface area contributed by atoms with Crippen LogP contribution in [-0.2, 0) is 16.2 Å². The van der Waals surface area contributed by atoms with Gasteiger partial charge in [0.05, 0.1) is 6.61 Å². The molecule has 0 atom stereocenters. The van der Waals surface area contributed by atoms with E-state index in [0.717, 1.165) is 0 Å². The van der Waals surface area contributed by atoms with Gasteiger partial charge in [0.25, 0.3) is 5.78 Å². The fourth-order valence-corrected chi connectivity index (χ4v) is 1.30. The van der Waals surface area contributed by atoms with Crippen molar-refractivity contribution in [3.05, 3.63) is 34.9 Å². The lowest BCUT2D eigenvalue weighted by atomic mass is 10.0. The summed E-state index contributed by atoms with van der Waals surface area (Å²) in [5.74, 6) is -1.63. The third kappa shape index (κ3) is 2.66. The van der Waals surface area contributed by atoms with Gasteiger partial charge >= 0.3 is 5.97 Å². The second kappa shape index (κ2) is 5.39. The van der Waals surface area contributed by atoms with Gasteiger partial charge in [-0.05, 0) is 31.0 Å². The Morgan fingerprint density at radius 2 is 2.06 bits per heavy atom. The predicted octanol–water partition coefficient (Wildman–Crippen LogP) is 2.21. The number of alkyl halides is 1. The Bertz CT molecular complexity index is 413. The highest BCUT2D eigenvalue weighted by molar-refractivity contribution is 6.41. The first kappa shape index (κ1) is 12.4. The summed E-state index contributed by atoms with van der Waals surface area (Å²) < 4.78 is 17.0. The molecule has 1 rings (SSSR count). The monoisotopic (exact) mass is 224 g/mol. The van der Waals surface area contributed by atoms with E-state index in [2.05, 4.69) is 4.74 Å². The first-order chi connectivity index (χ1) is 7.60. The Morgan fingerprint density at radius 1 is 1.38 bits per heavy atom. The molecule has 0 aromatic heterocycles. The molecule has 0 saturated heterocycles. The van der Waals surface area contributed by atoms with Crippen LogP contribution in [-0.4, -0.2) is 18.4 Å². The number of esters is 1. The van der Waals surface area contributed by atoms with Crippen LogP contribution in [0.2, 0.25) is 0 Å². The van der Waals surface area contributed by atoms with E-state index in [1.165, 1.54) is 6.07 Å². The van der Waals surface area contributed by atoms with Gasteiger partial charge in [-0.15, -0.1) is 0 Å². The molecule has 0 saturated carbocycles. The second-order valence-corrected chi connectivity index (χ2v) is 3.33. The van der Waals surface area contributed by atoms with Crippen LogP contribution in [0.1, 0.15) is 28.4 Å². The van der Waals surface area contributed by atoms with Gasteiger partial charge in [0.15, 0.2) is 0 Å². The smallest absolute Gasteiger partial charge is 0.379 e. The summed E-state index contributed by atoms with van der Waals surface area (Å²) in [4.78, 5) is 22.9. The average Bonchev–Trinajstić information content (AvgIpc) is 2.29. The molecule has 0 aliphatic carbocycles. The lowest BCUT2D eigenvalue weighted by Gasteiger charge is -2.05. The average molecular weight is 224 g/mol. The van der Waals surface area contributed by atoms with E-state index < -0.39 is 18.4 Å². The van der Waals surface area contributed by atoms with Crippen LogP contribution in [0.3, 0.4) is 0 Å². The van der Waals surface area contributed by atoms with Crippen LogP contribution < -0.4 is 0 Å². The van der Waals surface area contributed by atoms with Gasteiger partial charge in [-0.3, -0.25) is 4.79 Å². The topological polar surface area (TPSA) is 43.4 Å². The normalized spacial score (nSPS) is 9.94. The zero-order chi connectivity index (χ0) is 12.1. The summed E-state index contributed by atoms with van der Waals surface area (Å²) in [6.07, 6.45) is 0. The minimum Gasteiger partial charge on any atom is -0.460 e. The molecular weight excluding hydrogens is 211 g/mol. The number of ether oxygens (including phenoxy) is 1. The summed E-state index contributed by atoms with van der Waals surface area (Å²) in [5.41, 5.74) is 1.21. The van der Waals surface area contributed by atoms with E-state index in [1.54, 1.807) is 26.0 Å². The van der Waals surface area contributed by atoms with Crippen LogP contribution in [0.15, 0.2) is 18.2 Å². The fourth-order valence-electron chi connectivity index (χ4n) is 1.30. The molecule has 0 radical (unpaired) electrons. The van der Waals surface area contributed by atoms with Crippen molar-refractivity contribution in [3.63, 3.8) is 0 Å². The number of benzene rings is 1. The molecule has 3 nitrogen and oxygen atoms in total. The number of carbonyl (C=O) groups is 2. The number of carbonyl (C=O) groups excluding carboxylic acids is 2. The number of ketones is 1. The summed E-state index contributed by atoms with van der Waals surface area (Å²) in [6, 6.07) is 4.58. The van der Waals surface area contributed by atoms with Gasteiger partial charge in [0.1, 0.15) is 6.67 Å². The Morgan fingerprint density at radius 3 is 2.62 bits per heavy atom. The van der Waals surface area contributed by atoms with Crippen molar-refractivity contribution in [2.75, 3.05) is 6.61 Å².